The van der Waals surface area contributed by atoms with Crippen molar-refractivity contribution in [3.8, 4) is 0 Å². The Kier molecular flexibility index (Phi) is 9.67. The number of piperidine rings is 1. The number of nitrogens with one attached hydrogen (secondary N) is 1. The van der Waals surface area contributed by atoms with E-state index in [4.69, 9.17) is 9.47 Å². The van der Waals surface area contributed by atoms with E-state index >= 15 is 0 Å². The normalized spacial score (nSPS) is 22.6. The van der Waals surface area contributed by atoms with Gasteiger partial charge in [0.2, 0.25) is 0 Å². The SMILES string of the molecule is CN=C(NCC(C)N1CCN(C)CC1)N1CCC(OCCCOC)CC1. The van der Waals surface area contributed by atoms with Gasteiger partial charge < -0.3 is 24.6 Å². The van der Waals surface area contributed by atoms with Crippen LogP contribution in [-0.4, -0.2) is 113 Å². The maximum absolute atomic E-state index is 5.96. The first-order valence-electron chi connectivity index (χ1n) is 10.1. The van der Waals surface area contributed by atoms with Gasteiger partial charge in [0.25, 0.3) is 0 Å². The molecule has 2 aliphatic rings. The summed E-state index contributed by atoms with van der Waals surface area (Å²) in [4.78, 5) is 11.8. The number of ether oxygens (including phenoxy) is 2. The van der Waals surface area contributed by atoms with Crippen LogP contribution in [0, 0.1) is 0 Å². The average molecular weight is 370 g/mol. The van der Waals surface area contributed by atoms with Gasteiger partial charge in [-0.2, -0.15) is 0 Å². The zero-order valence-electron chi connectivity index (χ0n) is 17.2. The minimum Gasteiger partial charge on any atom is -0.385 e. The monoisotopic (exact) mass is 369 g/mol. The fourth-order valence-electron chi connectivity index (χ4n) is 3.65. The van der Waals surface area contributed by atoms with E-state index in [9.17, 15) is 0 Å². The lowest BCUT2D eigenvalue weighted by Gasteiger charge is -2.38. The van der Waals surface area contributed by atoms with E-state index in [2.05, 4.69) is 39.0 Å². The molecule has 0 aliphatic carbocycles. The Hall–Kier alpha value is -0.890. The number of methoxy groups -OCH3 is 1. The van der Waals surface area contributed by atoms with E-state index in [1.807, 2.05) is 7.05 Å². The fraction of sp³-hybridized carbons (Fsp3) is 0.947. The molecule has 0 bridgehead atoms. The lowest BCUT2D eigenvalue weighted by atomic mass is 10.1. The van der Waals surface area contributed by atoms with E-state index in [-0.39, 0.29) is 0 Å². The number of guanidine groups is 1. The summed E-state index contributed by atoms with van der Waals surface area (Å²) in [5.41, 5.74) is 0. The summed E-state index contributed by atoms with van der Waals surface area (Å²) >= 11 is 0. The van der Waals surface area contributed by atoms with Gasteiger partial charge >= 0.3 is 0 Å². The molecule has 1 N–H and O–H groups in total. The Labute approximate surface area is 159 Å². The summed E-state index contributed by atoms with van der Waals surface area (Å²) < 4.78 is 11.0. The first kappa shape index (κ1) is 21.4. The molecule has 1 atom stereocenters. The van der Waals surface area contributed by atoms with Gasteiger partial charge in [-0.05, 0) is 33.2 Å². The largest absolute Gasteiger partial charge is 0.385 e. The maximum atomic E-state index is 5.96. The van der Waals surface area contributed by atoms with Crippen molar-refractivity contribution in [3.05, 3.63) is 0 Å². The summed E-state index contributed by atoms with van der Waals surface area (Å²) in [5.74, 6) is 1.03. The standard InChI is InChI=1S/C19H39N5O2/c1-17(23-12-10-22(3)11-13-23)16-21-19(20-2)24-8-6-18(7-9-24)26-15-5-14-25-4/h17-18H,5-16H2,1-4H3,(H,20,21). The fourth-order valence-corrected chi connectivity index (χ4v) is 3.65. The van der Waals surface area contributed by atoms with Crippen molar-refractivity contribution in [1.82, 2.24) is 20.0 Å². The number of aliphatic imine (C=N–C) groups is 1. The van der Waals surface area contributed by atoms with Crippen LogP contribution < -0.4 is 5.32 Å². The minimum absolute atomic E-state index is 0.380. The van der Waals surface area contributed by atoms with Gasteiger partial charge in [-0.3, -0.25) is 9.89 Å². The molecule has 2 rings (SSSR count). The van der Waals surface area contributed by atoms with Crippen molar-refractivity contribution in [2.24, 2.45) is 4.99 Å². The van der Waals surface area contributed by atoms with Crippen LogP contribution in [0.2, 0.25) is 0 Å². The van der Waals surface area contributed by atoms with Crippen molar-refractivity contribution in [2.45, 2.75) is 38.3 Å². The highest BCUT2D eigenvalue weighted by molar-refractivity contribution is 5.80. The predicted molar refractivity (Wildman–Crippen MR) is 107 cm³/mol. The van der Waals surface area contributed by atoms with E-state index in [1.165, 1.54) is 0 Å². The Morgan fingerprint density at radius 2 is 1.81 bits per heavy atom. The molecule has 152 valence electrons. The Morgan fingerprint density at radius 1 is 1.12 bits per heavy atom. The van der Waals surface area contributed by atoms with Crippen LogP contribution in [-0.2, 0) is 9.47 Å². The second kappa shape index (κ2) is 11.7. The first-order valence-corrected chi connectivity index (χ1v) is 10.1. The minimum atomic E-state index is 0.380. The van der Waals surface area contributed by atoms with Crippen LogP contribution >= 0.6 is 0 Å². The topological polar surface area (TPSA) is 52.6 Å². The number of rotatable bonds is 8. The summed E-state index contributed by atoms with van der Waals surface area (Å²) in [5, 5.41) is 3.59. The molecule has 2 saturated heterocycles. The highest BCUT2D eigenvalue weighted by Gasteiger charge is 2.23. The summed E-state index contributed by atoms with van der Waals surface area (Å²) in [6.45, 7) is 11.5. The molecule has 0 amide bonds. The maximum Gasteiger partial charge on any atom is 0.193 e. The zero-order chi connectivity index (χ0) is 18.8. The van der Waals surface area contributed by atoms with E-state index < -0.39 is 0 Å². The zero-order valence-corrected chi connectivity index (χ0v) is 17.2. The quantitative estimate of drug-likeness (QED) is 0.386. The van der Waals surface area contributed by atoms with Gasteiger partial charge in [-0.25, -0.2) is 0 Å². The molecule has 2 heterocycles. The highest BCUT2D eigenvalue weighted by atomic mass is 16.5. The lowest BCUT2D eigenvalue weighted by molar-refractivity contribution is 0.00984. The molecule has 7 heteroatoms. The van der Waals surface area contributed by atoms with Crippen LogP contribution in [0.3, 0.4) is 0 Å². The van der Waals surface area contributed by atoms with Crippen molar-refractivity contribution in [3.63, 3.8) is 0 Å². The Bertz CT molecular complexity index is 405. The number of likely N-dealkylation sites (N-methyl/N-ethyl adjacent to an activating group) is 1. The second-order valence-corrected chi connectivity index (χ2v) is 7.52. The molecular weight excluding hydrogens is 330 g/mol. The lowest BCUT2D eigenvalue weighted by Crippen LogP contribution is -2.53. The van der Waals surface area contributed by atoms with E-state index in [0.29, 0.717) is 12.1 Å². The molecule has 0 radical (unpaired) electrons. The van der Waals surface area contributed by atoms with Gasteiger partial charge in [0.1, 0.15) is 0 Å². The van der Waals surface area contributed by atoms with Gasteiger partial charge in [-0.15, -0.1) is 0 Å². The van der Waals surface area contributed by atoms with Gasteiger partial charge in [0, 0.05) is 79.2 Å². The summed E-state index contributed by atoms with van der Waals surface area (Å²) in [7, 11) is 5.82. The molecule has 0 spiro atoms. The van der Waals surface area contributed by atoms with Crippen LogP contribution in [0.1, 0.15) is 26.2 Å². The molecule has 2 fully saturated rings. The average Bonchev–Trinajstić information content (AvgIpc) is 2.67. The summed E-state index contributed by atoms with van der Waals surface area (Å²) in [6, 6.07) is 0.530. The molecule has 2 aliphatic heterocycles. The number of hydrogen-bond donors (Lipinski definition) is 1. The van der Waals surface area contributed by atoms with Crippen LogP contribution in [0.15, 0.2) is 4.99 Å². The Balaban J connectivity index is 1.66. The molecule has 0 saturated carbocycles. The van der Waals surface area contributed by atoms with Gasteiger partial charge in [-0.1, -0.05) is 0 Å². The second-order valence-electron chi connectivity index (χ2n) is 7.52. The number of piperazine rings is 1. The number of hydrogen-bond acceptors (Lipinski definition) is 5. The molecule has 0 aromatic heterocycles. The van der Waals surface area contributed by atoms with Gasteiger partial charge in [0.15, 0.2) is 5.96 Å². The molecule has 1 unspecified atom stereocenters. The Morgan fingerprint density at radius 3 is 2.42 bits per heavy atom. The van der Waals surface area contributed by atoms with Crippen molar-refractivity contribution in [1.29, 1.82) is 0 Å². The molecule has 0 aromatic rings. The molecule has 0 aromatic carbocycles. The van der Waals surface area contributed by atoms with Crippen molar-refractivity contribution >= 4 is 5.96 Å². The number of likely N-dealkylation sites (tertiary alicyclic amines) is 1. The molecule has 26 heavy (non-hydrogen) atoms. The molecule has 7 nitrogen and oxygen atoms in total. The van der Waals surface area contributed by atoms with Crippen molar-refractivity contribution in [2.75, 3.05) is 80.2 Å². The smallest absolute Gasteiger partial charge is 0.193 e. The summed E-state index contributed by atoms with van der Waals surface area (Å²) in [6.07, 6.45) is 3.50. The highest BCUT2D eigenvalue weighted by Crippen LogP contribution is 2.14. The van der Waals surface area contributed by atoms with Crippen molar-refractivity contribution < 1.29 is 9.47 Å². The van der Waals surface area contributed by atoms with Gasteiger partial charge in [0.05, 0.1) is 6.10 Å². The van der Waals surface area contributed by atoms with Crippen LogP contribution in [0.4, 0.5) is 0 Å². The third-order valence-electron chi connectivity index (χ3n) is 5.52. The van der Waals surface area contributed by atoms with Crippen LogP contribution in [0.5, 0.6) is 0 Å². The first-order chi connectivity index (χ1) is 12.6. The third-order valence-corrected chi connectivity index (χ3v) is 5.52. The predicted octanol–water partition coefficient (Wildman–Crippen LogP) is 0.715. The van der Waals surface area contributed by atoms with E-state index in [1.54, 1.807) is 7.11 Å². The van der Waals surface area contributed by atoms with Crippen LogP contribution in [0.25, 0.3) is 0 Å². The number of nitrogens with zero attached hydrogens (tertiary/aromatic N) is 4. The molecular formula is C19H39N5O2. The van der Waals surface area contributed by atoms with E-state index in [0.717, 1.165) is 84.2 Å². The third kappa shape index (κ3) is 7.02.